The van der Waals surface area contributed by atoms with Crippen molar-refractivity contribution in [3.63, 3.8) is 0 Å². The predicted molar refractivity (Wildman–Crippen MR) is 140 cm³/mol. The van der Waals surface area contributed by atoms with Crippen LogP contribution in [0.2, 0.25) is 5.02 Å². The minimum absolute atomic E-state index is 0.179. The van der Waals surface area contributed by atoms with Crippen molar-refractivity contribution in [2.75, 3.05) is 37.3 Å². The first-order valence-electron chi connectivity index (χ1n) is 12.0. The minimum atomic E-state index is -0.374. The summed E-state index contributed by atoms with van der Waals surface area (Å²) in [6.45, 7) is 9.08. The lowest BCUT2D eigenvalue weighted by Gasteiger charge is -2.44. The monoisotopic (exact) mass is 494 g/mol. The second kappa shape index (κ2) is 8.88. The van der Waals surface area contributed by atoms with Crippen LogP contribution in [0.4, 0.5) is 11.4 Å². The standard InChI is InChI=1S/C27H31ClN4O3/c1-15-12-32(13-16(2)30(15)4)24-8-6-20-19-9-10-31(14-21(19)27(34)35-25(20)17(24)3)26(33)18-5-7-23(29)22(28)11-18/h5-8,11,15-16H,9-10,12-14,29H2,1-4H3/t15-,16+. The number of nitrogens with zero attached hydrogens (tertiary/aromatic N) is 3. The first kappa shape index (κ1) is 23.7. The summed E-state index contributed by atoms with van der Waals surface area (Å²) in [5.74, 6) is -0.179. The van der Waals surface area contributed by atoms with Crippen molar-refractivity contribution < 1.29 is 9.21 Å². The number of carbonyl (C=O) groups is 1. The first-order chi connectivity index (χ1) is 16.7. The van der Waals surface area contributed by atoms with E-state index < -0.39 is 0 Å². The number of likely N-dealkylation sites (N-methyl/N-ethyl adjacent to an activating group) is 1. The molecule has 5 rings (SSSR count). The maximum absolute atomic E-state index is 13.1. The Hall–Kier alpha value is -3.03. The molecule has 2 aromatic carbocycles. The van der Waals surface area contributed by atoms with E-state index in [0.717, 1.165) is 35.3 Å². The van der Waals surface area contributed by atoms with Crippen LogP contribution in [0, 0.1) is 6.92 Å². The topological polar surface area (TPSA) is 83.0 Å². The van der Waals surface area contributed by atoms with Crippen LogP contribution in [0.5, 0.6) is 0 Å². The SMILES string of the molecule is Cc1c(N2C[C@@H](C)N(C)[C@@H](C)C2)ccc2c3c(c(=O)oc12)CN(C(=O)c1ccc(N)c(Cl)c1)CC3. The molecule has 0 spiro atoms. The van der Waals surface area contributed by atoms with E-state index in [1.807, 2.05) is 6.92 Å². The Morgan fingerprint density at radius 3 is 2.51 bits per heavy atom. The Bertz CT molecular complexity index is 1370. The number of hydrogen-bond donors (Lipinski definition) is 1. The lowest BCUT2D eigenvalue weighted by atomic mass is 9.95. The van der Waals surface area contributed by atoms with Gasteiger partial charge >= 0.3 is 5.63 Å². The van der Waals surface area contributed by atoms with Crippen molar-refractivity contribution in [3.05, 3.63) is 68.0 Å². The van der Waals surface area contributed by atoms with Gasteiger partial charge in [-0.3, -0.25) is 9.69 Å². The molecule has 1 amide bonds. The van der Waals surface area contributed by atoms with Gasteiger partial charge in [0.15, 0.2) is 0 Å². The van der Waals surface area contributed by atoms with Crippen LogP contribution in [0.25, 0.3) is 11.0 Å². The maximum Gasteiger partial charge on any atom is 0.341 e. The Kier molecular flexibility index (Phi) is 6.01. The van der Waals surface area contributed by atoms with Gasteiger partial charge in [-0.05, 0) is 70.1 Å². The van der Waals surface area contributed by atoms with Crippen LogP contribution in [0.3, 0.4) is 0 Å². The van der Waals surface area contributed by atoms with E-state index in [1.54, 1.807) is 23.1 Å². The molecule has 8 heteroatoms. The molecule has 2 atom stereocenters. The molecule has 2 N–H and O–H groups in total. The fraction of sp³-hybridized carbons (Fsp3) is 0.407. The smallest absolute Gasteiger partial charge is 0.341 e. The molecule has 35 heavy (non-hydrogen) atoms. The fourth-order valence-electron chi connectivity index (χ4n) is 5.41. The van der Waals surface area contributed by atoms with Gasteiger partial charge in [-0.2, -0.15) is 0 Å². The Balaban J connectivity index is 1.48. The lowest BCUT2D eigenvalue weighted by molar-refractivity contribution is 0.0733. The molecule has 2 aliphatic rings. The second-order valence-corrected chi connectivity index (χ2v) is 10.3. The van der Waals surface area contributed by atoms with Crippen molar-refractivity contribution in [1.82, 2.24) is 9.80 Å². The largest absolute Gasteiger partial charge is 0.422 e. The highest BCUT2D eigenvalue weighted by atomic mass is 35.5. The van der Waals surface area contributed by atoms with Crippen LogP contribution in [0.15, 0.2) is 39.5 Å². The summed E-state index contributed by atoms with van der Waals surface area (Å²) >= 11 is 6.11. The fourth-order valence-corrected chi connectivity index (χ4v) is 5.59. The molecule has 0 bridgehead atoms. The first-order valence-corrected chi connectivity index (χ1v) is 12.4. The normalized spacial score (nSPS) is 20.8. The van der Waals surface area contributed by atoms with Crippen LogP contribution >= 0.6 is 11.6 Å². The molecular weight excluding hydrogens is 464 g/mol. The third kappa shape index (κ3) is 4.06. The number of halogens is 1. The molecule has 3 heterocycles. The molecule has 0 saturated carbocycles. The van der Waals surface area contributed by atoms with E-state index in [9.17, 15) is 9.59 Å². The van der Waals surface area contributed by atoms with Gasteiger partial charge in [-0.1, -0.05) is 11.6 Å². The summed E-state index contributed by atoms with van der Waals surface area (Å²) in [4.78, 5) is 32.6. The van der Waals surface area contributed by atoms with Crippen molar-refractivity contribution in [1.29, 1.82) is 0 Å². The molecule has 1 fully saturated rings. The number of rotatable bonds is 2. The molecular formula is C27H31ClN4O3. The predicted octanol–water partition coefficient (Wildman–Crippen LogP) is 4.06. The summed E-state index contributed by atoms with van der Waals surface area (Å²) in [5, 5.41) is 1.30. The Morgan fingerprint density at radius 1 is 1.11 bits per heavy atom. The molecule has 0 unspecified atom stereocenters. The van der Waals surface area contributed by atoms with Crippen molar-refractivity contribution in [2.24, 2.45) is 0 Å². The third-order valence-corrected chi connectivity index (χ3v) is 8.05. The van der Waals surface area contributed by atoms with E-state index in [4.69, 9.17) is 21.8 Å². The number of fused-ring (bicyclic) bond motifs is 3. The zero-order valence-electron chi connectivity index (χ0n) is 20.6. The number of aryl methyl sites for hydroxylation is 1. The highest BCUT2D eigenvalue weighted by molar-refractivity contribution is 6.33. The van der Waals surface area contributed by atoms with Gasteiger partial charge < -0.3 is 20.0 Å². The summed E-state index contributed by atoms with van der Waals surface area (Å²) in [5.41, 5.74) is 10.6. The van der Waals surface area contributed by atoms with E-state index in [2.05, 4.69) is 42.8 Å². The highest BCUT2D eigenvalue weighted by Gasteiger charge is 2.30. The number of nitrogens with two attached hydrogens (primary N) is 1. The highest BCUT2D eigenvalue weighted by Crippen LogP contribution is 2.34. The molecule has 1 saturated heterocycles. The minimum Gasteiger partial charge on any atom is -0.422 e. The number of hydrogen-bond acceptors (Lipinski definition) is 6. The maximum atomic E-state index is 13.1. The van der Waals surface area contributed by atoms with Crippen molar-refractivity contribution >= 4 is 39.9 Å². The van der Waals surface area contributed by atoms with Gasteiger partial charge in [-0.25, -0.2) is 4.79 Å². The average Bonchev–Trinajstić information content (AvgIpc) is 2.84. The van der Waals surface area contributed by atoms with Gasteiger partial charge in [0, 0.05) is 53.9 Å². The van der Waals surface area contributed by atoms with Gasteiger partial charge in [-0.15, -0.1) is 0 Å². The van der Waals surface area contributed by atoms with E-state index in [0.29, 0.717) is 52.5 Å². The summed E-state index contributed by atoms with van der Waals surface area (Å²) in [6.07, 6.45) is 0.591. The Labute approximate surface area is 210 Å². The van der Waals surface area contributed by atoms with E-state index in [1.165, 1.54) is 0 Å². The molecule has 0 radical (unpaired) electrons. The number of benzene rings is 2. The van der Waals surface area contributed by atoms with Gasteiger partial charge in [0.2, 0.25) is 0 Å². The van der Waals surface area contributed by atoms with Crippen LogP contribution in [-0.4, -0.2) is 54.5 Å². The molecule has 2 aliphatic heterocycles. The van der Waals surface area contributed by atoms with Gasteiger partial charge in [0.05, 0.1) is 22.8 Å². The van der Waals surface area contributed by atoms with E-state index >= 15 is 0 Å². The molecule has 184 valence electrons. The average molecular weight is 495 g/mol. The van der Waals surface area contributed by atoms with Gasteiger partial charge in [0.1, 0.15) is 5.58 Å². The zero-order chi connectivity index (χ0) is 25.0. The van der Waals surface area contributed by atoms with Crippen molar-refractivity contribution in [3.8, 4) is 0 Å². The number of amides is 1. The molecule has 7 nitrogen and oxygen atoms in total. The molecule has 3 aromatic rings. The number of anilines is 2. The van der Waals surface area contributed by atoms with Crippen LogP contribution < -0.4 is 16.3 Å². The number of nitrogen functional groups attached to an aromatic ring is 1. The summed E-state index contributed by atoms with van der Waals surface area (Å²) in [7, 11) is 2.17. The third-order valence-electron chi connectivity index (χ3n) is 7.72. The van der Waals surface area contributed by atoms with Crippen LogP contribution in [-0.2, 0) is 13.0 Å². The van der Waals surface area contributed by atoms with Crippen LogP contribution in [0.1, 0.15) is 40.9 Å². The van der Waals surface area contributed by atoms with Crippen molar-refractivity contribution in [2.45, 2.75) is 45.8 Å². The molecule has 1 aromatic heterocycles. The zero-order valence-corrected chi connectivity index (χ0v) is 21.4. The van der Waals surface area contributed by atoms with Gasteiger partial charge in [0.25, 0.3) is 5.91 Å². The van der Waals surface area contributed by atoms with E-state index in [-0.39, 0.29) is 18.1 Å². The number of carbonyl (C=O) groups excluding carboxylic acids is 1. The number of piperazine rings is 1. The summed E-state index contributed by atoms with van der Waals surface area (Å²) < 4.78 is 5.90. The lowest BCUT2D eigenvalue weighted by Crippen LogP contribution is -2.55. The summed E-state index contributed by atoms with van der Waals surface area (Å²) in [6, 6.07) is 9.95. The quantitative estimate of drug-likeness (QED) is 0.427. The second-order valence-electron chi connectivity index (χ2n) is 9.91. The Morgan fingerprint density at radius 2 is 1.83 bits per heavy atom. The molecule has 0 aliphatic carbocycles.